The molecule has 1 aliphatic heterocycles. The maximum atomic E-state index is 13.2. The Morgan fingerprint density at radius 2 is 1.90 bits per heavy atom. The van der Waals surface area contributed by atoms with Crippen LogP contribution < -0.4 is 4.90 Å². The van der Waals surface area contributed by atoms with Crippen molar-refractivity contribution in [1.82, 2.24) is 24.8 Å². The van der Waals surface area contributed by atoms with Crippen molar-refractivity contribution in [2.75, 3.05) is 45.7 Å². The molecule has 164 valence electrons. The van der Waals surface area contributed by atoms with E-state index in [0.717, 1.165) is 40.9 Å². The second kappa shape index (κ2) is 8.65. The van der Waals surface area contributed by atoms with Crippen molar-refractivity contribution in [3.63, 3.8) is 0 Å². The Labute approximate surface area is 192 Å². The zero-order valence-corrected chi connectivity index (χ0v) is 19.6. The summed E-state index contributed by atoms with van der Waals surface area (Å²) in [6.45, 7) is 4.38. The van der Waals surface area contributed by atoms with Crippen LogP contribution >= 0.6 is 23.2 Å². The fraction of sp³-hybridized carbons (Fsp3) is 0.409. The molecule has 0 unspecified atom stereocenters. The van der Waals surface area contributed by atoms with Crippen LogP contribution in [0.2, 0.25) is 10.0 Å². The lowest BCUT2D eigenvalue weighted by molar-refractivity contribution is 0.0665. The Morgan fingerprint density at radius 1 is 1.19 bits per heavy atom. The van der Waals surface area contributed by atoms with Crippen molar-refractivity contribution in [3.05, 3.63) is 51.7 Å². The number of hydrogen-bond acceptors (Lipinski definition) is 5. The van der Waals surface area contributed by atoms with Crippen LogP contribution in [-0.4, -0.2) is 71.4 Å². The summed E-state index contributed by atoms with van der Waals surface area (Å²) in [7, 11) is 6.06. The number of amides is 1. The van der Waals surface area contributed by atoms with E-state index < -0.39 is 0 Å². The first-order chi connectivity index (χ1) is 14.8. The van der Waals surface area contributed by atoms with Gasteiger partial charge in [0.2, 0.25) is 5.82 Å². The third kappa shape index (κ3) is 4.10. The largest absolute Gasteiger partial charge is 0.371 e. The predicted octanol–water partition coefficient (Wildman–Crippen LogP) is 4.02. The molecule has 31 heavy (non-hydrogen) atoms. The van der Waals surface area contributed by atoms with E-state index in [9.17, 15) is 4.79 Å². The van der Waals surface area contributed by atoms with Gasteiger partial charge in [-0.15, -0.1) is 0 Å². The van der Waals surface area contributed by atoms with Gasteiger partial charge < -0.3 is 19.7 Å². The summed E-state index contributed by atoms with van der Waals surface area (Å²) in [6.07, 6.45) is 4.13. The summed E-state index contributed by atoms with van der Waals surface area (Å²) >= 11 is 12.6. The van der Waals surface area contributed by atoms with Gasteiger partial charge in [-0.3, -0.25) is 4.79 Å². The molecule has 7 nitrogen and oxygen atoms in total. The minimum Gasteiger partial charge on any atom is -0.371 e. The molecule has 1 amide bonds. The van der Waals surface area contributed by atoms with Gasteiger partial charge in [-0.05, 0) is 27.1 Å². The zero-order chi connectivity index (χ0) is 22.3. The average Bonchev–Trinajstić information content (AvgIpc) is 3.15. The summed E-state index contributed by atoms with van der Waals surface area (Å²) in [5.74, 6) is 0.0380. The Kier molecular flexibility index (Phi) is 6.10. The monoisotopic (exact) mass is 460 g/mol. The van der Waals surface area contributed by atoms with Gasteiger partial charge in [0.15, 0.2) is 0 Å². The number of halogens is 2. The molecule has 0 saturated heterocycles. The van der Waals surface area contributed by atoms with Crippen LogP contribution in [0.5, 0.6) is 0 Å². The van der Waals surface area contributed by atoms with Crippen LogP contribution in [-0.2, 0) is 6.42 Å². The second-order valence-electron chi connectivity index (χ2n) is 8.22. The Bertz CT molecular complexity index is 1110. The van der Waals surface area contributed by atoms with E-state index in [0.29, 0.717) is 23.0 Å². The molecule has 9 heteroatoms. The van der Waals surface area contributed by atoms with Crippen molar-refractivity contribution in [1.29, 1.82) is 0 Å². The molecule has 1 N–H and O–H groups in total. The molecule has 0 spiro atoms. The van der Waals surface area contributed by atoms with Crippen LogP contribution in [0.1, 0.15) is 34.8 Å². The first-order valence-corrected chi connectivity index (χ1v) is 11.0. The smallest absolute Gasteiger partial charge is 0.292 e. The Hall–Kier alpha value is -2.35. The Balaban J connectivity index is 1.56. The number of carbonyl (C=O) groups excluding carboxylic acids is 1. The molecule has 1 aliphatic rings. The number of aromatic amines is 1. The zero-order valence-electron chi connectivity index (χ0n) is 18.1. The quantitative estimate of drug-likeness (QED) is 0.622. The van der Waals surface area contributed by atoms with Gasteiger partial charge in [-0.25, -0.2) is 9.97 Å². The number of fused-ring (bicyclic) bond motifs is 3. The topological polar surface area (TPSA) is 68.4 Å². The molecule has 2 aromatic heterocycles. The number of anilines is 1. The van der Waals surface area contributed by atoms with Crippen molar-refractivity contribution in [2.24, 2.45) is 0 Å². The van der Waals surface area contributed by atoms with Gasteiger partial charge in [0.05, 0.1) is 39.7 Å². The highest BCUT2D eigenvalue weighted by Gasteiger charge is 2.32. The third-order valence-corrected chi connectivity index (χ3v) is 6.69. The average molecular weight is 461 g/mol. The van der Waals surface area contributed by atoms with Crippen LogP contribution in [0, 0.1) is 0 Å². The Morgan fingerprint density at radius 3 is 2.58 bits per heavy atom. The van der Waals surface area contributed by atoms with Crippen molar-refractivity contribution in [3.8, 4) is 0 Å². The normalized spacial score (nSPS) is 16.1. The van der Waals surface area contributed by atoms with Crippen LogP contribution in [0.3, 0.4) is 0 Å². The van der Waals surface area contributed by atoms with E-state index in [1.807, 2.05) is 39.0 Å². The van der Waals surface area contributed by atoms with Crippen LogP contribution in [0.4, 0.5) is 5.69 Å². The fourth-order valence-electron chi connectivity index (χ4n) is 4.05. The highest BCUT2D eigenvalue weighted by molar-refractivity contribution is 6.45. The minimum absolute atomic E-state index is 0.131. The van der Waals surface area contributed by atoms with E-state index in [4.69, 9.17) is 23.2 Å². The predicted molar refractivity (Wildman–Crippen MR) is 125 cm³/mol. The second-order valence-corrected chi connectivity index (χ2v) is 9.00. The molecule has 0 bridgehead atoms. The van der Waals surface area contributed by atoms with E-state index in [1.165, 1.54) is 0 Å². The molecular formula is C22H26Cl2N6O. The van der Waals surface area contributed by atoms with Crippen molar-refractivity contribution >= 4 is 45.7 Å². The third-order valence-electron chi connectivity index (χ3n) is 5.89. The molecule has 3 heterocycles. The summed E-state index contributed by atoms with van der Waals surface area (Å²) in [5, 5.41) is 2.02. The highest BCUT2D eigenvalue weighted by Crippen LogP contribution is 2.40. The lowest BCUT2D eigenvalue weighted by Gasteiger charge is -2.33. The molecule has 0 aliphatic carbocycles. The van der Waals surface area contributed by atoms with E-state index in [1.54, 1.807) is 18.5 Å². The van der Waals surface area contributed by atoms with E-state index >= 15 is 0 Å². The SMILES string of the molecule is C[C@@H]1c2c([nH]c3c(Cl)c(Cl)ccc23)CCN1C(=O)c1ncc(N(C)CCN(C)C)cn1. The van der Waals surface area contributed by atoms with Gasteiger partial charge in [0.1, 0.15) is 0 Å². The summed E-state index contributed by atoms with van der Waals surface area (Å²) in [4.78, 5) is 31.4. The lowest BCUT2D eigenvalue weighted by atomic mass is 9.97. The van der Waals surface area contributed by atoms with Crippen molar-refractivity contribution in [2.45, 2.75) is 19.4 Å². The fourth-order valence-corrected chi connectivity index (χ4v) is 4.42. The number of likely N-dealkylation sites (N-methyl/N-ethyl adjacent to an activating group) is 2. The number of hydrogen-bond donors (Lipinski definition) is 1. The first kappa shape index (κ1) is 21.9. The first-order valence-electron chi connectivity index (χ1n) is 10.2. The van der Waals surface area contributed by atoms with Gasteiger partial charge in [-0.1, -0.05) is 29.3 Å². The van der Waals surface area contributed by atoms with Gasteiger partial charge in [0, 0.05) is 49.7 Å². The highest BCUT2D eigenvalue weighted by atomic mass is 35.5. The molecule has 1 atom stereocenters. The van der Waals surface area contributed by atoms with Gasteiger partial charge in [0.25, 0.3) is 5.91 Å². The molecule has 0 saturated carbocycles. The number of carbonyl (C=O) groups is 1. The maximum absolute atomic E-state index is 13.2. The number of H-pyrrole nitrogens is 1. The van der Waals surface area contributed by atoms with Crippen molar-refractivity contribution < 1.29 is 4.79 Å². The standard InChI is InChI=1S/C22H26Cl2N6O/c1-13-18-15-5-6-16(23)19(24)20(15)27-17(18)7-8-30(13)22(31)21-25-11-14(12-26-21)29(4)10-9-28(2)3/h5-6,11-13,27H,7-10H2,1-4H3/t13-/m1/s1. The molecule has 4 rings (SSSR count). The lowest BCUT2D eigenvalue weighted by Crippen LogP contribution is -2.39. The molecule has 0 radical (unpaired) electrons. The number of nitrogens with zero attached hydrogens (tertiary/aromatic N) is 5. The van der Waals surface area contributed by atoms with Crippen LogP contribution in [0.25, 0.3) is 10.9 Å². The number of nitrogens with one attached hydrogen (secondary N) is 1. The van der Waals surface area contributed by atoms with Gasteiger partial charge in [-0.2, -0.15) is 0 Å². The molecule has 3 aromatic rings. The summed E-state index contributed by atoms with van der Waals surface area (Å²) in [5.41, 5.74) is 3.87. The van der Waals surface area contributed by atoms with E-state index in [2.05, 4.69) is 24.8 Å². The van der Waals surface area contributed by atoms with E-state index in [-0.39, 0.29) is 17.8 Å². The number of rotatable bonds is 5. The van der Waals surface area contributed by atoms with Gasteiger partial charge >= 0.3 is 0 Å². The molecule has 1 aromatic carbocycles. The maximum Gasteiger partial charge on any atom is 0.292 e. The molecular weight excluding hydrogens is 435 g/mol. The summed E-state index contributed by atoms with van der Waals surface area (Å²) < 4.78 is 0. The van der Waals surface area contributed by atoms with Crippen LogP contribution in [0.15, 0.2) is 24.5 Å². The number of benzene rings is 1. The molecule has 0 fully saturated rings. The minimum atomic E-state index is -0.171. The number of aromatic nitrogens is 3. The summed E-state index contributed by atoms with van der Waals surface area (Å²) in [6, 6.07) is 3.62.